The van der Waals surface area contributed by atoms with Crippen LogP contribution in [0.4, 0.5) is 0 Å². The standard InChI is InChI=1S/C14H21NO6S/c1-19-11-3-4-12(20-2)13(9-11)22(17,18)15-10-14(16)5-7-21-8-6-14/h3-4,9,15-16H,5-8,10H2,1-2H3. The van der Waals surface area contributed by atoms with E-state index in [2.05, 4.69) is 4.72 Å². The minimum absolute atomic E-state index is 0.0231. The van der Waals surface area contributed by atoms with Crippen molar-refractivity contribution in [3.63, 3.8) is 0 Å². The van der Waals surface area contributed by atoms with Crippen molar-refractivity contribution in [3.8, 4) is 11.5 Å². The molecule has 0 amide bonds. The van der Waals surface area contributed by atoms with Gasteiger partial charge in [0.25, 0.3) is 0 Å². The Balaban J connectivity index is 2.19. The molecule has 124 valence electrons. The maximum absolute atomic E-state index is 12.5. The summed E-state index contributed by atoms with van der Waals surface area (Å²) in [4.78, 5) is -0.0231. The zero-order valence-electron chi connectivity index (χ0n) is 12.7. The molecule has 1 aromatic carbocycles. The van der Waals surface area contributed by atoms with Crippen molar-refractivity contribution in [1.82, 2.24) is 4.72 Å². The summed E-state index contributed by atoms with van der Waals surface area (Å²) in [6.07, 6.45) is 0.787. The van der Waals surface area contributed by atoms with Crippen molar-refractivity contribution in [1.29, 1.82) is 0 Å². The number of ether oxygens (including phenoxy) is 3. The number of hydrogen-bond donors (Lipinski definition) is 2. The van der Waals surface area contributed by atoms with Crippen LogP contribution in [0, 0.1) is 0 Å². The van der Waals surface area contributed by atoms with Gasteiger partial charge in [-0.3, -0.25) is 0 Å². The van der Waals surface area contributed by atoms with Gasteiger partial charge < -0.3 is 19.3 Å². The number of sulfonamides is 1. The molecule has 2 N–H and O–H groups in total. The third-order valence-electron chi connectivity index (χ3n) is 3.68. The van der Waals surface area contributed by atoms with Gasteiger partial charge in [0.2, 0.25) is 10.0 Å². The Morgan fingerprint density at radius 3 is 2.55 bits per heavy atom. The molecule has 2 rings (SSSR count). The summed E-state index contributed by atoms with van der Waals surface area (Å²) in [6, 6.07) is 4.52. The van der Waals surface area contributed by atoms with Crippen LogP contribution in [0.25, 0.3) is 0 Å². The van der Waals surface area contributed by atoms with Crippen molar-refractivity contribution in [2.24, 2.45) is 0 Å². The molecule has 22 heavy (non-hydrogen) atoms. The highest BCUT2D eigenvalue weighted by molar-refractivity contribution is 7.89. The topological polar surface area (TPSA) is 94.1 Å². The van der Waals surface area contributed by atoms with Gasteiger partial charge in [-0.2, -0.15) is 0 Å². The Labute approximate surface area is 130 Å². The molecule has 0 saturated carbocycles. The lowest BCUT2D eigenvalue weighted by Crippen LogP contribution is -2.46. The third kappa shape index (κ3) is 3.89. The number of nitrogens with one attached hydrogen (secondary N) is 1. The zero-order chi connectivity index (χ0) is 16.2. The predicted molar refractivity (Wildman–Crippen MR) is 79.7 cm³/mol. The molecule has 1 fully saturated rings. The molecule has 1 aliphatic heterocycles. The first-order chi connectivity index (χ1) is 10.4. The minimum atomic E-state index is -3.83. The van der Waals surface area contributed by atoms with Gasteiger partial charge in [0.1, 0.15) is 16.4 Å². The van der Waals surface area contributed by atoms with Crippen LogP contribution in [0.1, 0.15) is 12.8 Å². The molecular weight excluding hydrogens is 310 g/mol. The van der Waals surface area contributed by atoms with E-state index in [4.69, 9.17) is 14.2 Å². The van der Waals surface area contributed by atoms with Gasteiger partial charge >= 0.3 is 0 Å². The minimum Gasteiger partial charge on any atom is -0.497 e. The fourth-order valence-corrected chi connectivity index (χ4v) is 3.53. The highest BCUT2D eigenvalue weighted by Gasteiger charge is 2.32. The molecule has 0 aromatic heterocycles. The summed E-state index contributed by atoms with van der Waals surface area (Å²) >= 11 is 0. The average molecular weight is 331 g/mol. The normalized spacial score (nSPS) is 18.0. The number of benzene rings is 1. The monoisotopic (exact) mass is 331 g/mol. The van der Waals surface area contributed by atoms with Gasteiger partial charge in [0, 0.05) is 38.7 Å². The first-order valence-corrected chi connectivity index (χ1v) is 8.40. The van der Waals surface area contributed by atoms with Gasteiger partial charge in [-0.25, -0.2) is 13.1 Å². The van der Waals surface area contributed by atoms with E-state index >= 15 is 0 Å². The largest absolute Gasteiger partial charge is 0.497 e. The molecular formula is C14H21NO6S. The second-order valence-electron chi connectivity index (χ2n) is 5.18. The first kappa shape index (κ1) is 17.0. The molecule has 0 unspecified atom stereocenters. The molecule has 7 nitrogen and oxygen atoms in total. The number of aliphatic hydroxyl groups is 1. The van der Waals surface area contributed by atoms with Gasteiger partial charge in [-0.1, -0.05) is 0 Å². The average Bonchev–Trinajstić information content (AvgIpc) is 2.53. The SMILES string of the molecule is COc1ccc(OC)c(S(=O)(=O)NCC2(O)CCOCC2)c1. The number of rotatable bonds is 6. The van der Waals surface area contributed by atoms with E-state index in [1.54, 1.807) is 6.07 Å². The lowest BCUT2D eigenvalue weighted by atomic mass is 9.95. The highest BCUT2D eigenvalue weighted by Crippen LogP contribution is 2.28. The van der Waals surface area contributed by atoms with Crippen molar-refractivity contribution < 1.29 is 27.7 Å². The quantitative estimate of drug-likeness (QED) is 0.789. The van der Waals surface area contributed by atoms with E-state index in [0.29, 0.717) is 31.8 Å². The fourth-order valence-electron chi connectivity index (χ4n) is 2.23. The lowest BCUT2D eigenvalue weighted by molar-refractivity contribution is -0.0588. The summed E-state index contributed by atoms with van der Waals surface area (Å²) in [7, 11) is -0.979. The maximum atomic E-state index is 12.5. The summed E-state index contributed by atoms with van der Waals surface area (Å²) in [5.74, 6) is 0.623. The van der Waals surface area contributed by atoms with Crippen LogP contribution in [-0.4, -0.2) is 53.1 Å². The Morgan fingerprint density at radius 2 is 1.95 bits per heavy atom. The van der Waals surface area contributed by atoms with Gasteiger partial charge in [0.05, 0.1) is 19.8 Å². The number of methoxy groups -OCH3 is 2. The van der Waals surface area contributed by atoms with E-state index in [1.165, 1.54) is 26.4 Å². The summed E-state index contributed by atoms with van der Waals surface area (Å²) in [6.45, 7) is 0.764. The molecule has 1 aliphatic rings. The molecule has 0 spiro atoms. The number of hydrogen-bond acceptors (Lipinski definition) is 6. The Hall–Kier alpha value is -1.35. The van der Waals surface area contributed by atoms with Crippen LogP contribution in [-0.2, 0) is 14.8 Å². The predicted octanol–water partition coefficient (Wildman–Crippen LogP) is 0.524. The van der Waals surface area contributed by atoms with E-state index < -0.39 is 15.6 Å². The van der Waals surface area contributed by atoms with E-state index in [-0.39, 0.29) is 17.2 Å². The summed E-state index contributed by atoms with van der Waals surface area (Å²) in [5.41, 5.74) is -1.09. The maximum Gasteiger partial charge on any atom is 0.244 e. The van der Waals surface area contributed by atoms with Gasteiger partial charge in [-0.15, -0.1) is 0 Å². The Bertz CT molecular complexity index is 610. The second kappa shape index (κ2) is 6.82. The van der Waals surface area contributed by atoms with Crippen LogP contribution in [0.3, 0.4) is 0 Å². The van der Waals surface area contributed by atoms with Crippen LogP contribution >= 0.6 is 0 Å². The smallest absolute Gasteiger partial charge is 0.244 e. The van der Waals surface area contributed by atoms with Gasteiger partial charge in [0.15, 0.2) is 0 Å². The Morgan fingerprint density at radius 1 is 1.27 bits per heavy atom. The van der Waals surface area contributed by atoms with Crippen molar-refractivity contribution in [2.75, 3.05) is 34.0 Å². The summed E-state index contributed by atoms with van der Waals surface area (Å²) in [5, 5.41) is 10.3. The van der Waals surface area contributed by atoms with E-state index in [0.717, 1.165) is 0 Å². The Kier molecular flexibility index (Phi) is 5.28. The highest BCUT2D eigenvalue weighted by atomic mass is 32.2. The van der Waals surface area contributed by atoms with E-state index in [1.807, 2.05) is 0 Å². The molecule has 0 bridgehead atoms. The molecule has 0 radical (unpaired) electrons. The molecule has 1 heterocycles. The summed E-state index contributed by atoms with van der Waals surface area (Å²) < 4.78 is 42.7. The fraction of sp³-hybridized carbons (Fsp3) is 0.571. The zero-order valence-corrected chi connectivity index (χ0v) is 13.5. The molecule has 8 heteroatoms. The van der Waals surface area contributed by atoms with Crippen molar-refractivity contribution >= 4 is 10.0 Å². The third-order valence-corrected chi connectivity index (χ3v) is 5.10. The van der Waals surface area contributed by atoms with Crippen LogP contribution in [0.2, 0.25) is 0 Å². The molecule has 0 aliphatic carbocycles. The first-order valence-electron chi connectivity index (χ1n) is 6.92. The van der Waals surface area contributed by atoms with Crippen molar-refractivity contribution in [3.05, 3.63) is 18.2 Å². The van der Waals surface area contributed by atoms with Crippen LogP contribution in [0.5, 0.6) is 11.5 Å². The van der Waals surface area contributed by atoms with Crippen molar-refractivity contribution in [2.45, 2.75) is 23.3 Å². The molecule has 1 aromatic rings. The van der Waals surface area contributed by atoms with Crippen LogP contribution < -0.4 is 14.2 Å². The van der Waals surface area contributed by atoms with E-state index in [9.17, 15) is 13.5 Å². The molecule has 1 saturated heterocycles. The molecule has 0 atom stereocenters. The van der Waals surface area contributed by atoms with Crippen LogP contribution in [0.15, 0.2) is 23.1 Å². The second-order valence-corrected chi connectivity index (χ2v) is 6.91. The van der Waals surface area contributed by atoms with Gasteiger partial charge in [-0.05, 0) is 12.1 Å². The lowest BCUT2D eigenvalue weighted by Gasteiger charge is -2.32.